The maximum Gasteiger partial charge on any atom is 0.417 e. The fourth-order valence-electron chi connectivity index (χ4n) is 5.42. The van der Waals surface area contributed by atoms with E-state index in [1.807, 2.05) is 18.2 Å². The lowest BCUT2D eigenvalue weighted by atomic mass is 9.75. The molecule has 0 spiro atoms. The van der Waals surface area contributed by atoms with E-state index in [2.05, 4.69) is 4.98 Å². The zero-order chi connectivity index (χ0) is 22.8. The molecule has 2 heterocycles. The number of rotatable bonds is 2. The van der Waals surface area contributed by atoms with E-state index in [0.29, 0.717) is 5.52 Å². The van der Waals surface area contributed by atoms with Gasteiger partial charge < -0.3 is 9.72 Å². The first kappa shape index (κ1) is 21.2. The smallest absolute Gasteiger partial charge is 0.356 e. The summed E-state index contributed by atoms with van der Waals surface area (Å²) in [4.78, 5) is 15.8. The first-order valence-electron chi connectivity index (χ1n) is 10.8. The summed E-state index contributed by atoms with van der Waals surface area (Å²) >= 11 is 0. The molecule has 5 rings (SSSR count). The van der Waals surface area contributed by atoms with E-state index in [1.165, 1.54) is 18.2 Å². The highest BCUT2D eigenvalue weighted by molar-refractivity contribution is 5.78. The molecule has 7 heteroatoms. The number of hydrogen-bond acceptors (Lipinski definition) is 2. The Labute approximate surface area is 182 Å². The van der Waals surface area contributed by atoms with Gasteiger partial charge in [0.15, 0.2) is 11.0 Å². The molecule has 0 bridgehead atoms. The number of aromatic nitrogens is 1. The van der Waals surface area contributed by atoms with Gasteiger partial charge in [-0.05, 0) is 61.1 Å². The third-order valence-electron chi connectivity index (χ3n) is 7.33. The quantitative estimate of drug-likeness (QED) is 0.494. The van der Waals surface area contributed by atoms with Crippen molar-refractivity contribution in [2.75, 3.05) is 0 Å². The van der Waals surface area contributed by atoms with Gasteiger partial charge in [0.05, 0.1) is 0 Å². The molecule has 0 radical (unpaired) electrons. The van der Waals surface area contributed by atoms with Gasteiger partial charge in [-0.2, -0.15) is 13.2 Å². The highest BCUT2D eigenvalue weighted by atomic mass is 19.4. The number of fused-ring (bicyclic) bond motifs is 2. The molecule has 0 saturated carbocycles. The zero-order valence-electron chi connectivity index (χ0n) is 17.7. The summed E-state index contributed by atoms with van der Waals surface area (Å²) in [6.07, 6.45) is -2.89. The molecule has 0 amide bonds. The van der Waals surface area contributed by atoms with E-state index in [9.17, 15) is 22.4 Å². The molecule has 1 aromatic heterocycles. The van der Waals surface area contributed by atoms with Crippen LogP contribution in [-0.4, -0.2) is 16.8 Å². The molecular formula is C25H23F4NO2. The molecule has 1 aliphatic heterocycles. The van der Waals surface area contributed by atoms with E-state index < -0.39 is 41.0 Å². The van der Waals surface area contributed by atoms with Crippen molar-refractivity contribution in [3.63, 3.8) is 0 Å². The summed E-state index contributed by atoms with van der Waals surface area (Å²) < 4.78 is 62.0. The first-order valence-corrected chi connectivity index (χ1v) is 10.8. The largest absolute Gasteiger partial charge is 0.417 e. The van der Waals surface area contributed by atoms with Crippen LogP contribution < -0.4 is 5.43 Å². The molecule has 4 atom stereocenters. The number of alkyl halides is 3. The second-order valence-electron chi connectivity index (χ2n) is 9.08. The molecule has 32 heavy (non-hydrogen) atoms. The Morgan fingerprint density at radius 2 is 1.91 bits per heavy atom. The Balaban J connectivity index is 1.70. The summed E-state index contributed by atoms with van der Waals surface area (Å²) in [6.45, 7) is 2.66. The van der Waals surface area contributed by atoms with E-state index in [-0.39, 0.29) is 11.1 Å². The lowest BCUT2D eigenvalue weighted by Crippen LogP contribution is -2.46. The summed E-state index contributed by atoms with van der Waals surface area (Å²) in [7, 11) is 0. The molecule has 0 unspecified atom stereocenters. The van der Waals surface area contributed by atoms with Crippen LogP contribution in [0, 0.1) is 11.7 Å². The van der Waals surface area contributed by atoms with Crippen molar-refractivity contribution in [1.82, 2.24) is 4.98 Å². The third-order valence-corrected chi connectivity index (χ3v) is 7.33. The molecule has 2 aromatic carbocycles. The molecule has 168 valence electrons. The molecule has 1 fully saturated rings. The van der Waals surface area contributed by atoms with Gasteiger partial charge in [0, 0.05) is 34.5 Å². The lowest BCUT2D eigenvalue weighted by Gasteiger charge is -2.32. The fraction of sp³-hybridized carbons (Fsp3) is 0.400. The number of nitrogens with one attached hydrogen (secondary N) is 1. The zero-order valence-corrected chi connectivity index (χ0v) is 17.7. The van der Waals surface area contributed by atoms with E-state index >= 15 is 0 Å². The monoisotopic (exact) mass is 445 g/mol. The Bertz CT molecular complexity index is 1270. The van der Waals surface area contributed by atoms with E-state index in [1.54, 1.807) is 6.92 Å². The van der Waals surface area contributed by atoms with Gasteiger partial charge in [-0.15, -0.1) is 0 Å². The minimum atomic E-state index is -4.59. The van der Waals surface area contributed by atoms with Crippen LogP contribution >= 0.6 is 0 Å². The van der Waals surface area contributed by atoms with Crippen LogP contribution in [0.1, 0.15) is 54.7 Å². The minimum Gasteiger partial charge on any atom is -0.356 e. The van der Waals surface area contributed by atoms with Crippen molar-refractivity contribution in [3.8, 4) is 0 Å². The van der Waals surface area contributed by atoms with Crippen molar-refractivity contribution in [2.24, 2.45) is 5.92 Å². The highest BCUT2D eigenvalue weighted by Gasteiger charge is 2.64. The highest BCUT2D eigenvalue weighted by Crippen LogP contribution is 2.58. The number of benzene rings is 2. The Hall–Kier alpha value is -2.67. The lowest BCUT2D eigenvalue weighted by molar-refractivity contribution is -0.275. The number of H-pyrrole nitrogens is 1. The third kappa shape index (κ3) is 3.09. The number of aryl methyl sites for hydroxylation is 1. The molecule has 3 aromatic rings. The summed E-state index contributed by atoms with van der Waals surface area (Å²) in [6, 6.07) is 10.8. The molecular weight excluding hydrogens is 422 g/mol. The topological polar surface area (TPSA) is 42.1 Å². The van der Waals surface area contributed by atoms with Crippen molar-refractivity contribution in [3.05, 3.63) is 80.9 Å². The van der Waals surface area contributed by atoms with Crippen LogP contribution in [0.25, 0.3) is 10.9 Å². The van der Waals surface area contributed by atoms with Gasteiger partial charge in [-0.3, -0.25) is 4.79 Å². The second kappa shape index (κ2) is 7.17. The Kier molecular flexibility index (Phi) is 4.75. The van der Waals surface area contributed by atoms with Gasteiger partial charge in [0.25, 0.3) is 0 Å². The minimum absolute atomic E-state index is 0.149. The number of aromatic amines is 1. The molecule has 1 saturated heterocycles. The van der Waals surface area contributed by atoms with Crippen LogP contribution in [-0.2, 0) is 17.6 Å². The van der Waals surface area contributed by atoms with Crippen molar-refractivity contribution in [1.29, 1.82) is 0 Å². The number of hydrogen-bond donors (Lipinski definition) is 1. The second-order valence-corrected chi connectivity index (χ2v) is 9.08. The fourth-order valence-corrected chi connectivity index (χ4v) is 5.42. The van der Waals surface area contributed by atoms with Gasteiger partial charge in [-0.25, -0.2) is 4.39 Å². The number of ether oxygens (including phenoxy) is 1. The van der Waals surface area contributed by atoms with Crippen LogP contribution in [0.3, 0.4) is 0 Å². The van der Waals surface area contributed by atoms with E-state index in [4.69, 9.17) is 4.74 Å². The number of pyridine rings is 1. The van der Waals surface area contributed by atoms with Gasteiger partial charge >= 0.3 is 6.18 Å². The van der Waals surface area contributed by atoms with Crippen LogP contribution in [0.5, 0.6) is 0 Å². The molecule has 1 N–H and O–H groups in total. The van der Waals surface area contributed by atoms with Crippen molar-refractivity contribution < 1.29 is 22.3 Å². The summed E-state index contributed by atoms with van der Waals surface area (Å²) in [5.74, 6) is -2.03. The van der Waals surface area contributed by atoms with Gasteiger partial charge in [0.1, 0.15) is 11.9 Å². The van der Waals surface area contributed by atoms with Gasteiger partial charge in [0.2, 0.25) is 0 Å². The summed E-state index contributed by atoms with van der Waals surface area (Å²) in [5, 5.41) is 0.149. The maximum atomic E-state index is 14.2. The molecule has 2 aliphatic rings. The molecule has 3 nitrogen and oxygen atoms in total. The van der Waals surface area contributed by atoms with Crippen molar-refractivity contribution in [2.45, 2.75) is 56.9 Å². The SMILES string of the molecule is C[C@H]1[C@@H](c2cccc3c2CCC3)[C@H](c2cc(=O)c3cc(F)ccc3[nH]2)O[C@@]1(C)C(F)(F)F. The normalized spacial score (nSPS) is 27.8. The average molecular weight is 445 g/mol. The number of halogens is 4. The predicted molar refractivity (Wildman–Crippen MR) is 113 cm³/mol. The van der Waals surface area contributed by atoms with Crippen LogP contribution in [0.15, 0.2) is 47.3 Å². The average Bonchev–Trinajstić information content (AvgIpc) is 3.32. The van der Waals surface area contributed by atoms with Crippen molar-refractivity contribution >= 4 is 10.9 Å². The van der Waals surface area contributed by atoms with Gasteiger partial charge in [-0.1, -0.05) is 25.1 Å². The Morgan fingerprint density at radius 1 is 1.12 bits per heavy atom. The van der Waals surface area contributed by atoms with Crippen LogP contribution in [0.2, 0.25) is 0 Å². The predicted octanol–water partition coefficient (Wildman–Crippen LogP) is 5.97. The summed E-state index contributed by atoms with van der Waals surface area (Å²) in [5.41, 5.74) is 0.911. The van der Waals surface area contributed by atoms with E-state index in [0.717, 1.165) is 48.9 Å². The Morgan fingerprint density at radius 3 is 2.66 bits per heavy atom. The molecule has 1 aliphatic carbocycles. The first-order chi connectivity index (χ1) is 15.1. The standard InChI is InChI=1S/C25H23F4NO2/c1-13-22(17-8-4-6-14-5-3-7-16(14)17)23(32-24(13,2)25(27,28)29)20-12-21(31)18-11-15(26)9-10-19(18)30-20/h4,6,8-13,22-23H,3,5,7H2,1-2H3,(H,30,31)/t13-,22-,23-,24+/m0/s1. The van der Waals surface area contributed by atoms with Crippen LogP contribution in [0.4, 0.5) is 17.6 Å². The maximum absolute atomic E-state index is 14.2.